The smallest absolute Gasteiger partial charge is 0.257 e. The first-order valence-electron chi connectivity index (χ1n) is 3.99. The van der Waals surface area contributed by atoms with Gasteiger partial charge in [0.1, 0.15) is 5.52 Å². The Bertz CT molecular complexity index is 389. The quantitative estimate of drug-likeness (QED) is 0.550. The van der Waals surface area contributed by atoms with Gasteiger partial charge in [-0.25, -0.2) is 4.98 Å². The molecule has 1 heterocycles. The zero-order valence-electron chi connectivity index (χ0n) is 7.06. The van der Waals surface area contributed by atoms with Gasteiger partial charge in [-0.1, -0.05) is 30.0 Å². The molecule has 0 saturated heterocycles. The number of hydrogen-bond donors (Lipinski definition) is 0. The molecule has 0 bridgehead atoms. The number of fused-ring (bicyclic) bond motifs is 1. The highest BCUT2D eigenvalue weighted by Crippen LogP contribution is 2.22. The molecule has 0 fully saturated rings. The molecule has 13 heavy (non-hydrogen) atoms. The summed E-state index contributed by atoms with van der Waals surface area (Å²) in [6.07, 6.45) is 1.83. The van der Waals surface area contributed by atoms with Crippen molar-refractivity contribution in [3.05, 3.63) is 36.9 Å². The van der Waals surface area contributed by atoms with Gasteiger partial charge < -0.3 is 4.42 Å². The molecule has 1 aromatic heterocycles. The van der Waals surface area contributed by atoms with Crippen molar-refractivity contribution in [3.8, 4) is 0 Å². The van der Waals surface area contributed by atoms with Crippen LogP contribution in [0.1, 0.15) is 0 Å². The van der Waals surface area contributed by atoms with Crippen LogP contribution in [-0.2, 0) is 0 Å². The number of hydrogen-bond acceptors (Lipinski definition) is 3. The number of aromatic nitrogens is 1. The lowest BCUT2D eigenvalue weighted by Gasteiger charge is -1.86. The van der Waals surface area contributed by atoms with E-state index in [1.54, 1.807) is 11.8 Å². The molecule has 0 aliphatic rings. The summed E-state index contributed by atoms with van der Waals surface area (Å²) >= 11 is 1.55. The van der Waals surface area contributed by atoms with E-state index in [4.69, 9.17) is 4.42 Å². The zero-order chi connectivity index (χ0) is 9.10. The van der Waals surface area contributed by atoms with Gasteiger partial charge in [-0.2, -0.15) is 0 Å². The van der Waals surface area contributed by atoms with Crippen molar-refractivity contribution in [2.75, 3.05) is 5.75 Å². The fourth-order valence-corrected chi connectivity index (χ4v) is 1.62. The third-order valence-electron chi connectivity index (χ3n) is 1.60. The number of oxazole rings is 1. The summed E-state index contributed by atoms with van der Waals surface area (Å²) in [5.41, 5.74) is 1.75. The van der Waals surface area contributed by atoms with Crippen molar-refractivity contribution in [1.82, 2.24) is 4.98 Å². The number of para-hydroxylation sites is 2. The molecule has 2 nitrogen and oxygen atoms in total. The molecular weight excluding hydrogens is 182 g/mol. The molecule has 3 heteroatoms. The summed E-state index contributed by atoms with van der Waals surface area (Å²) in [4.78, 5) is 4.30. The van der Waals surface area contributed by atoms with E-state index in [1.807, 2.05) is 30.3 Å². The van der Waals surface area contributed by atoms with Crippen LogP contribution in [0.3, 0.4) is 0 Å². The average Bonchev–Trinajstić information content (AvgIpc) is 2.57. The Hall–Kier alpha value is -1.22. The Labute approximate surface area is 80.7 Å². The van der Waals surface area contributed by atoms with Crippen LogP contribution in [0, 0.1) is 0 Å². The molecule has 0 atom stereocenters. The topological polar surface area (TPSA) is 26.0 Å². The Morgan fingerprint density at radius 2 is 2.31 bits per heavy atom. The summed E-state index contributed by atoms with van der Waals surface area (Å²) in [6, 6.07) is 7.75. The second-order valence-corrected chi connectivity index (χ2v) is 3.52. The Kier molecular flexibility index (Phi) is 2.36. The van der Waals surface area contributed by atoms with Crippen molar-refractivity contribution in [2.24, 2.45) is 0 Å². The summed E-state index contributed by atoms with van der Waals surface area (Å²) in [7, 11) is 0. The maximum absolute atomic E-state index is 5.47. The molecule has 0 amide bonds. The van der Waals surface area contributed by atoms with Crippen molar-refractivity contribution in [2.45, 2.75) is 5.22 Å². The fraction of sp³-hybridized carbons (Fsp3) is 0.100. The van der Waals surface area contributed by atoms with Crippen LogP contribution in [0.25, 0.3) is 11.1 Å². The first-order valence-corrected chi connectivity index (χ1v) is 4.98. The van der Waals surface area contributed by atoms with Crippen molar-refractivity contribution in [3.63, 3.8) is 0 Å². The minimum atomic E-state index is 0.709. The van der Waals surface area contributed by atoms with Gasteiger partial charge in [0.2, 0.25) is 0 Å². The van der Waals surface area contributed by atoms with E-state index in [-0.39, 0.29) is 0 Å². The van der Waals surface area contributed by atoms with Gasteiger partial charge in [0.15, 0.2) is 5.58 Å². The van der Waals surface area contributed by atoms with Gasteiger partial charge >= 0.3 is 0 Å². The lowest BCUT2D eigenvalue weighted by atomic mass is 10.3. The minimum Gasteiger partial charge on any atom is -0.431 e. The first kappa shape index (κ1) is 8.38. The van der Waals surface area contributed by atoms with Crippen LogP contribution >= 0.6 is 11.8 Å². The maximum atomic E-state index is 5.47. The molecule has 1 aromatic carbocycles. The van der Waals surface area contributed by atoms with Gasteiger partial charge in [-0.3, -0.25) is 0 Å². The predicted octanol–water partition coefficient (Wildman–Crippen LogP) is 3.11. The monoisotopic (exact) mass is 191 g/mol. The lowest BCUT2D eigenvalue weighted by Crippen LogP contribution is -1.71. The summed E-state index contributed by atoms with van der Waals surface area (Å²) in [5, 5.41) is 0.709. The van der Waals surface area contributed by atoms with Crippen LogP contribution < -0.4 is 0 Å². The highest BCUT2D eigenvalue weighted by molar-refractivity contribution is 7.99. The zero-order valence-corrected chi connectivity index (χ0v) is 7.88. The molecule has 66 valence electrons. The Balaban J connectivity index is 2.32. The van der Waals surface area contributed by atoms with Crippen molar-refractivity contribution >= 4 is 22.9 Å². The molecule has 0 N–H and O–H groups in total. The normalized spacial score (nSPS) is 10.5. The molecule has 0 saturated carbocycles. The molecule has 0 spiro atoms. The highest BCUT2D eigenvalue weighted by Gasteiger charge is 2.03. The van der Waals surface area contributed by atoms with Gasteiger partial charge in [-0.05, 0) is 12.1 Å². The molecule has 0 aliphatic carbocycles. The average molecular weight is 191 g/mol. The Morgan fingerprint density at radius 1 is 1.46 bits per heavy atom. The predicted molar refractivity (Wildman–Crippen MR) is 54.9 cm³/mol. The van der Waals surface area contributed by atoms with Crippen LogP contribution in [0.4, 0.5) is 0 Å². The second kappa shape index (κ2) is 3.66. The third-order valence-corrected chi connectivity index (χ3v) is 2.42. The van der Waals surface area contributed by atoms with Crippen molar-refractivity contribution < 1.29 is 4.42 Å². The summed E-state index contributed by atoms with van der Waals surface area (Å²) in [5.74, 6) is 0.826. The van der Waals surface area contributed by atoms with E-state index < -0.39 is 0 Å². The van der Waals surface area contributed by atoms with Gasteiger partial charge in [0.05, 0.1) is 0 Å². The van der Waals surface area contributed by atoms with E-state index in [0.717, 1.165) is 16.9 Å². The summed E-state index contributed by atoms with van der Waals surface area (Å²) in [6.45, 7) is 3.64. The third kappa shape index (κ3) is 1.75. The number of nitrogens with zero attached hydrogens (tertiary/aromatic N) is 1. The highest BCUT2D eigenvalue weighted by atomic mass is 32.2. The van der Waals surface area contributed by atoms with E-state index >= 15 is 0 Å². The fourth-order valence-electron chi connectivity index (χ4n) is 1.04. The standard InChI is InChI=1S/C10H9NOS/c1-2-7-13-10-11-8-5-3-4-6-9(8)12-10/h2-6H,1,7H2. The number of thioether (sulfide) groups is 1. The van der Waals surface area contributed by atoms with E-state index in [9.17, 15) is 0 Å². The Morgan fingerprint density at radius 3 is 3.08 bits per heavy atom. The summed E-state index contributed by atoms with van der Waals surface area (Å²) < 4.78 is 5.47. The molecular formula is C10H9NOS. The molecule has 0 aliphatic heterocycles. The molecule has 2 rings (SSSR count). The SMILES string of the molecule is C=CCSc1nc2ccccc2o1. The number of benzene rings is 1. The maximum Gasteiger partial charge on any atom is 0.257 e. The lowest BCUT2D eigenvalue weighted by molar-refractivity contribution is 0.490. The first-order chi connectivity index (χ1) is 6.40. The van der Waals surface area contributed by atoms with Gasteiger partial charge in [0, 0.05) is 5.75 Å². The molecule has 0 unspecified atom stereocenters. The van der Waals surface area contributed by atoms with Crippen molar-refractivity contribution in [1.29, 1.82) is 0 Å². The van der Waals surface area contributed by atoms with E-state index in [0.29, 0.717) is 5.22 Å². The van der Waals surface area contributed by atoms with E-state index in [2.05, 4.69) is 11.6 Å². The largest absolute Gasteiger partial charge is 0.431 e. The van der Waals surface area contributed by atoms with Gasteiger partial charge in [-0.15, -0.1) is 6.58 Å². The van der Waals surface area contributed by atoms with Gasteiger partial charge in [0.25, 0.3) is 5.22 Å². The number of rotatable bonds is 3. The minimum absolute atomic E-state index is 0.709. The molecule has 2 aromatic rings. The van der Waals surface area contributed by atoms with Crippen LogP contribution in [0.5, 0.6) is 0 Å². The van der Waals surface area contributed by atoms with Crippen LogP contribution in [-0.4, -0.2) is 10.7 Å². The van der Waals surface area contributed by atoms with Crippen LogP contribution in [0.2, 0.25) is 0 Å². The second-order valence-electron chi connectivity index (χ2n) is 2.55. The van der Waals surface area contributed by atoms with Crippen LogP contribution in [0.15, 0.2) is 46.6 Å². The van der Waals surface area contributed by atoms with E-state index in [1.165, 1.54) is 0 Å². The molecule has 0 radical (unpaired) electrons.